The molecule has 0 aliphatic rings. The fourth-order valence-corrected chi connectivity index (χ4v) is 2.32. The number of hydrogen-bond donors (Lipinski definition) is 4. The average Bonchev–Trinajstić information content (AvgIpc) is 2.42. The monoisotopic (exact) mass is 481 g/mol. The maximum atomic E-state index is 11.8. The molecule has 0 saturated heterocycles. The Kier molecular flexibility index (Phi) is 11.6. The molecule has 0 aliphatic heterocycles. The summed E-state index contributed by atoms with van der Waals surface area (Å²) in [6, 6.07) is -0.581. The molecule has 0 spiro atoms. The van der Waals surface area contributed by atoms with Crippen LogP contribution in [0.15, 0.2) is 0 Å². The molecule has 0 aromatic heterocycles. The van der Waals surface area contributed by atoms with Crippen LogP contribution in [0.3, 0.4) is 0 Å². The summed E-state index contributed by atoms with van der Waals surface area (Å²) < 4.78 is 5.54. The van der Waals surface area contributed by atoms with Gasteiger partial charge in [-0.05, 0) is 0 Å². The van der Waals surface area contributed by atoms with Crippen LogP contribution in [-0.4, -0.2) is 83.0 Å². The van der Waals surface area contributed by atoms with Gasteiger partial charge in [0, 0.05) is 0 Å². The van der Waals surface area contributed by atoms with Crippen LogP contribution in [0.1, 0.15) is 6.92 Å². The molecular formula is C11H21N4O4Pb. The number of likely N-dealkylation sites (N-methyl/N-ethyl adjacent to an activating group) is 1. The van der Waals surface area contributed by atoms with E-state index in [1.54, 1.807) is 7.05 Å². The predicted octanol–water partition coefficient (Wildman–Crippen LogP) is -2.50. The number of hydrogen-bond acceptors (Lipinski definition) is 5. The summed E-state index contributed by atoms with van der Waals surface area (Å²) in [4.78, 5) is 34.6. The fourth-order valence-electron chi connectivity index (χ4n) is 1.20. The molecule has 0 bridgehead atoms. The number of carbonyl (C=O) groups is 3. The van der Waals surface area contributed by atoms with Gasteiger partial charge in [-0.2, -0.15) is 0 Å². The van der Waals surface area contributed by atoms with Crippen molar-refractivity contribution in [2.45, 2.75) is 16.9 Å². The van der Waals surface area contributed by atoms with E-state index in [1.807, 2.05) is 6.92 Å². The van der Waals surface area contributed by atoms with Crippen LogP contribution in [0, 0.1) is 0 Å². The molecule has 0 saturated carbocycles. The molecule has 3 amide bonds. The van der Waals surface area contributed by atoms with Crippen molar-refractivity contribution in [2.24, 2.45) is 0 Å². The van der Waals surface area contributed by atoms with Gasteiger partial charge in [-0.15, -0.1) is 0 Å². The quantitative estimate of drug-likeness (QED) is 0.157. The van der Waals surface area contributed by atoms with Gasteiger partial charge in [0.15, 0.2) is 0 Å². The summed E-state index contributed by atoms with van der Waals surface area (Å²) >= 11 is 0.769. The Morgan fingerprint density at radius 1 is 1.15 bits per heavy atom. The topological polar surface area (TPSA) is 109 Å². The predicted molar refractivity (Wildman–Crippen MR) is 74.1 cm³/mol. The Balaban J connectivity index is 4.03. The summed E-state index contributed by atoms with van der Waals surface area (Å²) in [5, 5.41) is 10.3. The van der Waals surface area contributed by atoms with Crippen molar-refractivity contribution >= 4 is 43.5 Å². The van der Waals surface area contributed by atoms with Gasteiger partial charge in [0.2, 0.25) is 0 Å². The first-order chi connectivity index (χ1) is 9.54. The van der Waals surface area contributed by atoms with Crippen molar-refractivity contribution in [1.82, 2.24) is 21.3 Å². The summed E-state index contributed by atoms with van der Waals surface area (Å²) in [5.41, 5.74) is 0. The Labute approximate surface area is 134 Å². The first-order valence-corrected chi connectivity index (χ1v) is 9.00. The number of carbonyl (C=O) groups excluding carboxylic acids is 3. The molecule has 8 nitrogen and oxygen atoms in total. The molecule has 1 unspecified atom stereocenters. The average molecular weight is 481 g/mol. The molecule has 0 aromatic rings. The van der Waals surface area contributed by atoms with Crippen LogP contribution in [0.4, 0.5) is 0 Å². The van der Waals surface area contributed by atoms with Crippen LogP contribution in [0.2, 0.25) is 3.98 Å². The van der Waals surface area contributed by atoms with Gasteiger partial charge in [-0.1, -0.05) is 0 Å². The molecule has 0 aliphatic carbocycles. The zero-order valence-electron chi connectivity index (χ0n) is 11.7. The van der Waals surface area contributed by atoms with Crippen molar-refractivity contribution in [1.29, 1.82) is 0 Å². The molecule has 20 heavy (non-hydrogen) atoms. The number of amides is 3. The first-order valence-electron chi connectivity index (χ1n) is 6.25. The van der Waals surface area contributed by atoms with Gasteiger partial charge in [-0.25, -0.2) is 0 Å². The Bertz CT molecular complexity index is 328. The molecule has 0 aromatic carbocycles. The molecule has 1 atom stereocenters. The summed E-state index contributed by atoms with van der Waals surface area (Å²) in [5.74, 6) is -0.930. The van der Waals surface area contributed by atoms with Crippen molar-refractivity contribution < 1.29 is 19.1 Å². The van der Waals surface area contributed by atoms with E-state index in [0.717, 1.165) is 25.8 Å². The number of rotatable bonds is 10. The summed E-state index contributed by atoms with van der Waals surface area (Å²) in [6.07, 6.45) is 0. The van der Waals surface area contributed by atoms with Crippen molar-refractivity contribution in [2.75, 3.05) is 33.5 Å². The van der Waals surface area contributed by atoms with Crippen LogP contribution in [0.5, 0.6) is 0 Å². The number of nitrogens with one attached hydrogen (secondary N) is 4. The standard InChI is InChI=1S/C11H21N4O4.Pb/c1-4-19-7-14-9(16)6-13-11(18)8(2)15-10(17)5-12-3;/h8,12H,2,4-7H2,1,3H3,(H,13,18)(H,14,16)(H,15,17);. The van der Waals surface area contributed by atoms with Gasteiger partial charge in [0.05, 0.1) is 0 Å². The second kappa shape index (κ2) is 12.0. The minimum absolute atomic E-state index is 0.119. The SMILES string of the molecule is CCOCNC(=O)CNC(=O)C([CH2][Pb])NC(=O)CNC. The molecule has 0 fully saturated rings. The van der Waals surface area contributed by atoms with Crippen molar-refractivity contribution in [3.05, 3.63) is 0 Å². The molecule has 0 heterocycles. The summed E-state index contributed by atoms with van der Waals surface area (Å²) in [7, 11) is 1.65. The van der Waals surface area contributed by atoms with Gasteiger partial charge in [0.1, 0.15) is 0 Å². The summed E-state index contributed by atoms with van der Waals surface area (Å²) in [6.45, 7) is 2.46. The Hall–Kier alpha value is -0.748. The van der Waals surface area contributed by atoms with E-state index < -0.39 is 6.04 Å². The van der Waals surface area contributed by atoms with Crippen molar-refractivity contribution in [3.8, 4) is 0 Å². The van der Waals surface area contributed by atoms with Crippen LogP contribution >= 0.6 is 0 Å². The van der Waals surface area contributed by atoms with E-state index >= 15 is 0 Å². The van der Waals surface area contributed by atoms with E-state index in [0.29, 0.717) is 10.6 Å². The van der Waals surface area contributed by atoms with E-state index in [-0.39, 0.29) is 37.5 Å². The minimum atomic E-state index is -0.581. The zero-order chi connectivity index (χ0) is 15.4. The molecule has 4 N–H and O–H groups in total. The molecule has 3 radical (unpaired) electrons. The Morgan fingerprint density at radius 3 is 2.40 bits per heavy atom. The van der Waals surface area contributed by atoms with Gasteiger partial charge >= 0.3 is 134 Å². The van der Waals surface area contributed by atoms with Gasteiger partial charge < -0.3 is 0 Å². The van der Waals surface area contributed by atoms with E-state index in [2.05, 4.69) is 21.3 Å². The third-order valence-corrected chi connectivity index (χ3v) is 3.78. The normalized spacial score (nSPS) is 11.6. The molecule has 9 heteroatoms. The fraction of sp³-hybridized carbons (Fsp3) is 0.727. The first kappa shape index (κ1) is 19.3. The van der Waals surface area contributed by atoms with Gasteiger partial charge in [0.25, 0.3) is 0 Å². The molecule has 0 rings (SSSR count). The zero-order valence-corrected chi connectivity index (χ0v) is 15.6. The second-order valence-corrected chi connectivity index (χ2v) is 5.40. The number of ether oxygens (including phenoxy) is 1. The van der Waals surface area contributed by atoms with E-state index in [9.17, 15) is 14.4 Å². The van der Waals surface area contributed by atoms with Crippen molar-refractivity contribution in [3.63, 3.8) is 0 Å². The van der Waals surface area contributed by atoms with Gasteiger partial charge in [-0.3, -0.25) is 0 Å². The second-order valence-electron chi connectivity index (χ2n) is 3.81. The van der Waals surface area contributed by atoms with E-state index in [1.165, 1.54) is 0 Å². The molecule has 113 valence electrons. The Morgan fingerprint density at radius 2 is 1.85 bits per heavy atom. The third-order valence-electron chi connectivity index (χ3n) is 2.19. The van der Waals surface area contributed by atoms with Crippen LogP contribution in [-0.2, 0) is 19.1 Å². The van der Waals surface area contributed by atoms with Crippen LogP contribution < -0.4 is 21.3 Å². The van der Waals surface area contributed by atoms with E-state index in [4.69, 9.17) is 4.74 Å². The molecular weight excluding hydrogens is 459 g/mol. The van der Waals surface area contributed by atoms with Crippen LogP contribution in [0.25, 0.3) is 0 Å². The maximum absolute atomic E-state index is 11.8. The third kappa shape index (κ3) is 9.20.